The number of anilines is 2. The minimum Gasteiger partial charge on any atom is -0.501 e. The van der Waals surface area contributed by atoms with Crippen LogP contribution in [0, 0.1) is 13.8 Å². The largest absolute Gasteiger partial charge is 0.501 e. The molecule has 78 heavy (non-hydrogen) atoms. The van der Waals surface area contributed by atoms with Crippen molar-refractivity contribution in [2.24, 2.45) is 0 Å². The molecule has 3 heterocycles. The number of nitrogens with zero attached hydrogens (tertiary/aromatic N) is 2. The number of aromatic nitrogens is 2. The summed E-state index contributed by atoms with van der Waals surface area (Å²) in [6.07, 6.45) is 22.7. The first-order valence-electron chi connectivity index (χ1n) is 27.9. The van der Waals surface area contributed by atoms with E-state index >= 15 is 0 Å². The molecule has 7 N–H and O–H groups in total. The fourth-order valence-electron chi connectivity index (χ4n) is 10.9. The van der Waals surface area contributed by atoms with Crippen LogP contribution in [-0.4, -0.2) is 56.2 Å². The molecular formula is C62H74N4O12. The topological polar surface area (TPSA) is 249 Å². The average Bonchev–Trinajstić information content (AvgIpc) is 4.03. The SMILES string of the molecule is Cc1c(N)c2c(OCC(=O)O)c3c(=O)c(=O)c3cc2n1CCCCCCCCCCCCOc1ccc(-c2ccc(OCCCCCCCCCCCCn3c(C)c(N)c4c5oc(C(=O)O)c(O)c(=O)c5ccc43)cc2)cc1. The van der Waals surface area contributed by atoms with E-state index in [1.807, 2.05) is 42.7 Å². The smallest absolute Gasteiger partial charge is 0.375 e. The maximum atomic E-state index is 12.7. The summed E-state index contributed by atoms with van der Waals surface area (Å²) >= 11 is 0. The Balaban J connectivity index is 0.616. The first-order chi connectivity index (χ1) is 37.8. The van der Waals surface area contributed by atoms with Crippen molar-refractivity contribution in [2.45, 2.75) is 155 Å². The van der Waals surface area contributed by atoms with Crippen LogP contribution in [0.25, 0.3) is 54.7 Å². The number of rotatable bonds is 33. The standard InChI is InChI=1S/C62H74N4O12/c1-39-53(63)51-47(32-31-45-55(69)58(72)61(62(73)74)78-59(45)51)65(39)33-19-15-11-7-3-5-9-13-17-21-35-75-43-27-23-41(24-28-43)42-25-29-44(30-26-42)76-36-22-18-14-10-6-4-8-12-16-20-34-66-40(2)54(64)52-48(66)37-46-50(57(71)56(46)70)60(52)77-38-49(67)68/h23-32,37,72H,3-22,33-36,38,63-64H2,1-2H3,(H,67,68)(H,73,74). The van der Waals surface area contributed by atoms with Gasteiger partial charge in [0, 0.05) is 29.9 Å². The Morgan fingerprint density at radius 1 is 0.513 bits per heavy atom. The molecule has 5 aromatic carbocycles. The van der Waals surface area contributed by atoms with Crippen molar-refractivity contribution in [2.75, 3.05) is 31.3 Å². The zero-order valence-electron chi connectivity index (χ0n) is 45.1. The maximum Gasteiger partial charge on any atom is 0.375 e. The van der Waals surface area contributed by atoms with E-state index in [9.17, 15) is 39.3 Å². The summed E-state index contributed by atoms with van der Waals surface area (Å²) in [4.78, 5) is 60.1. The molecule has 414 valence electrons. The lowest BCUT2D eigenvalue weighted by Gasteiger charge is -2.12. The zero-order valence-corrected chi connectivity index (χ0v) is 45.1. The molecule has 3 aromatic heterocycles. The molecule has 0 amide bonds. The third kappa shape index (κ3) is 13.0. The number of hydrogen-bond donors (Lipinski definition) is 5. The number of fused-ring (bicyclic) bond motifs is 5. The van der Waals surface area contributed by atoms with Gasteiger partial charge >= 0.3 is 11.9 Å². The Morgan fingerprint density at radius 3 is 1.44 bits per heavy atom. The monoisotopic (exact) mass is 1070 g/mol. The van der Waals surface area contributed by atoms with E-state index in [-0.39, 0.29) is 27.5 Å². The molecule has 8 rings (SSSR count). The molecule has 0 bridgehead atoms. The van der Waals surface area contributed by atoms with Gasteiger partial charge in [-0.05, 0) is 93.1 Å². The third-order valence-electron chi connectivity index (χ3n) is 15.3. The summed E-state index contributed by atoms with van der Waals surface area (Å²) in [6.45, 7) is 6.02. The van der Waals surface area contributed by atoms with E-state index in [1.54, 1.807) is 18.2 Å². The second-order valence-corrected chi connectivity index (χ2v) is 20.7. The molecule has 16 heteroatoms. The van der Waals surface area contributed by atoms with Gasteiger partial charge in [0.2, 0.25) is 22.0 Å². The zero-order chi connectivity index (χ0) is 55.3. The van der Waals surface area contributed by atoms with Crippen LogP contribution in [0.5, 0.6) is 23.0 Å². The number of benzene rings is 4. The fraction of sp³-hybridized carbons (Fsp3) is 0.435. The summed E-state index contributed by atoms with van der Waals surface area (Å²) in [5, 5.41) is 30.1. The number of ether oxygens (including phenoxy) is 3. The van der Waals surface area contributed by atoms with Gasteiger partial charge in [0.25, 0.3) is 5.76 Å². The van der Waals surface area contributed by atoms with Crippen LogP contribution < -0.4 is 42.0 Å². The predicted octanol–water partition coefficient (Wildman–Crippen LogP) is 12.7. The molecule has 0 unspecified atom stereocenters. The molecule has 8 aromatic rings. The number of hydrogen-bond acceptors (Lipinski definition) is 12. The van der Waals surface area contributed by atoms with Crippen LogP contribution in [0.3, 0.4) is 0 Å². The van der Waals surface area contributed by atoms with Gasteiger partial charge in [0.05, 0.1) is 57.2 Å². The van der Waals surface area contributed by atoms with Crippen molar-refractivity contribution in [1.82, 2.24) is 9.13 Å². The highest BCUT2D eigenvalue weighted by Crippen LogP contribution is 2.41. The number of aryl methyl sites for hydroxylation is 2. The van der Waals surface area contributed by atoms with E-state index in [0.29, 0.717) is 47.4 Å². The molecule has 0 aliphatic rings. The van der Waals surface area contributed by atoms with Crippen molar-refractivity contribution in [3.8, 4) is 34.1 Å². The second-order valence-electron chi connectivity index (χ2n) is 20.7. The van der Waals surface area contributed by atoms with Crippen LogP contribution in [0.2, 0.25) is 0 Å². The Kier molecular flexibility index (Phi) is 19.2. The van der Waals surface area contributed by atoms with Crippen molar-refractivity contribution in [1.29, 1.82) is 0 Å². The van der Waals surface area contributed by atoms with Crippen LogP contribution in [0.15, 0.2) is 85.5 Å². The summed E-state index contributed by atoms with van der Waals surface area (Å²) in [6, 6.07) is 21.6. The highest BCUT2D eigenvalue weighted by atomic mass is 16.5. The van der Waals surface area contributed by atoms with Gasteiger partial charge in [-0.2, -0.15) is 0 Å². The molecule has 0 fully saturated rings. The number of aliphatic carboxylic acids is 1. The van der Waals surface area contributed by atoms with Gasteiger partial charge in [-0.1, -0.05) is 127 Å². The number of aromatic hydroxyl groups is 1. The predicted molar refractivity (Wildman–Crippen MR) is 308 cm³/mol. The molecule has 0 spiro atoms. The van der Waals surface area contributed by atoms with Crippen molar-refractivity contribution >= 4 is 66.9 Å². The molecule has 0 saturated carbocycles. The second kappa shape index (κ2) is 26.5. The molecule has 0 saturated heterocycles. The van der Waals surface area contributed by atoms with E-state index in [1.165, 1.54) is 64.2 Å². The average molecular weight is 1070 g/mol. The molecular weight excluding hydrogens is 993 g/mol. The van der Waals surface area contributed by atoms with Gasteiger partial charge in [0.15, 0.2) is 12.2 Å². The van der Waals surface area contributed by atoms with Crippen molar-refractivity contribution in [3.05, 3.63) is 115 Å². The van der Waals surface area contributed by atoms with Gasteiger partial charge < -0.3 is 54.5 Å². The number of carbonyl (C=O) groups is 2. The number of nitrogens with two attached hydrogens (primary N) is 2. The highest BCUT2D eigenvalue weighted by Gasteiger charge is 2.27. The van der Waals surface area contributed by atoms with E-state index in [0.717, 1.165) is 110 Å². The molecule has 0 aliphatic carbocycles. The van der Waals surface area contributed by atoms with E-state index in [2.05, 4.69) is 28.8 Å². The number of unbranched alkanes of at least 4 members (excludes halogenated alkanes) is 18. The molecule has 0 radical (unpaired) electrons. The minimum absolute atomic E-state index is 0.0781. The molecule has 16 nitrogen and oxygen atoms in total. The van der Waals surface area contributed by atoms with Crippen LogP contribution >= 0.6 is 0 Å². The van der Waals surface area contributed by atoms with E-state index in [4.69, 9.17) is 30.1 Å². The van der Waals surface area contributed by atoms with Crippen molar-refractivity contribution in [3.63, 3.8) is 0 Å². The van der Waals surface area contributed by atoms with Gasteiger partial charge in [0.1, 0.15) is 17.2 Å². The van der Waals surface area contributed by atoms with Crippen LogP contribution in [0.4, 0.5) is 11.4 Å². The van der Waals surface area contributed by atoms with Gasteiger partial charge in [-0.15, -0.1) is 0 Å². The third-order valence-corrected chi connectivity index (χ3v) is 15.3. The lowest BCUT2D eigenvalue weighted by molar-refractivity contribution is -0.139. The summed E-state index contributed by atoms with van der Waals surface area (Å²) in [5.74, 6) is -2.54. The Hall–Kier alpha value is -7.75. The number of nitrogen functional groups attached to an aromatic ring is 2. The minimum atomic E-state index is -1.52. The maximum absolute atomic E-state index is 12.7. The summed E-state index contributed by atoms with van der Waals surface area (Å²) in [5.41, 5.74) is 17.2. The number of carboxylic acid groups (broad SMARTS) is 2. The quantitative estimate of drug-likeness (QED) is 0.0190. The van der Waals surface area contributed by atoms with E-state index < -0.39 is 46.3 Å². The first-order valence-corrected chi connectivity index (χ1v) is 27.9. The fourth-order valence-corrected chi connectivity index (χ4v) is 10.9. The highest BCUT2D eigenvalue weighted by molar-refractivity contribution is 6.13. The van der Waals surface area contributed by atoms with Crippen LogP contribution in [-0.2, 0) is 17.9 Å². The normalized spacial score (nSPS) is 11.7. The van der Waals surface area contributed by atoms with Gasteiger partial charge in [-0.3, -0.25) is 14.4 Å². The Bertz CT molecular complexity index is 3510. The van der Waals surface area contributed by atoms with Crippen LogP contribution in [0.1, 0.15) is 150 Å². The summed E-state index contributed by atoms with van der Waals surface area (Å²) in [7, 11) is 0. The first kappa shape index (κ1) is 56.5. The number of aromatic carboxylic acids is 1. The molecule has 0 aliphatic heterocycles. The lowest BCUT2D eigenvalue weighted by atomic mass is 10.0. The summed E-state index contributed by atoms with van der Waals surface area (Å²) < 4.78 is 27.3. The Morgan fingerprint density at radius 2 is 0.962 bits per heavy atom. The number of carboxylic acids is 2. The molecule has 0 atom stereocenters. The lowest BCUT2D eigenvalue weighted by Crippen LogP contribution is -2.31. The Labute approximate surface area is 453 Å². The van der Waals surface area contributed by atoms with Crippen molar-refractivity contribution < 1.29 is 43.5 Å². The van der Waals surface area contributed by atoms with Gasteiger partial charge in [-0.25, -0.2) is 9.59 Å².